The fourth-order valence-corrected chi connectivity index (χ4v) is 3.83. The van der Waals surface area contributed by atoms with Gasteiger partial charge in [-0.05, 0) is 36.2 Å². The van der Waals surface area contributed by atoms with E-state index in [1.54, 1.807) is 0 Å². The molecule has 0 amide bonds. The van der Waals surface area contributed by atoms with Crippen LogP contribution in [0.15, 0.2) is 69.7 Å². The molecule has 0 radical (unpaired) electrons. The zero-order valence-electron chi connectivity index (χ0n) is 14.9. The fraction of sp³-hybridized carbons (Fsp3) is 0.190. The number of nitrogens with one attached hydrogen (secondary N) is 2. The maximum atomic E-state index is 12.6. The number of benzene rings is 2. The Kier molecular flexibility index (Phi) is 4.13. The van der Waals surface area contributed by atoms with Gasteiger partial charge in [-0.25, -0.2) is 4.99 Å². The summed E-state index contributed by atoms with van der Waals surface area (Å²) < 4.78 is 5.74. The molecule has 0 saturated heterocycles. The number of hydrogen-bond acceptors (Lipinski definition) is 6. The monoisotopic (exact) mass is 392 g/mol. The number of halogens is 1. The molecule has 0 unspecified atom stereocenters. The molecule has 2 aromatic carbocycles. The lowest BCUT2D eigenvalue weighted by molar-refractivity contribution is -0.122. The number of carbonyl (C=O) groups is 1. The molecule has 1 aliphatic carbocycles. The molecular weight excluding hydrogens is 376 g/mol. The van der Waals surface area contributed by atoms with Crippen molar-refractivity contribution in [3.05, 3.63) is 70.9 Å². The molecule has 0 spiro atoms. The molecule has 2 aliphatic rings. The molecule has 5 rings (SSSR count). The number of allylic oxidation sites excluding steroid dienone is 1. The van der Waals surface area contributed by atoms with Crippen LogP contribution < -0.4 is 10.6 Å². The minimum atomic E-state index is -0.329. The Labute approximate surface area is 166 Å². The Hall–Kier alpha value is -3.12. The van der Waals surface area contributed by atoms with E-state index in [1.165, 1.54) is 0 Å². The van der Waals surface area contributed by atoms with Crippen molar-refractivity contribution in [2.75, 3.05) is 5.32 Å². The van der Waals surface area contributed by atoms with Crippen molar-refractivity contribution in [1.82, 2.24) is 10.3 Å². The van der Waals surface area contributed by atoms with Gasteiger partial charge in [0.05, 0.1) is 12.0 Å². The van der Waals surface area contributed by atoms with E-state index in [2.05, 4.69) is 21.7 Å². The standard InChI is InChI=1S/C21H17ClN4O2/c22-13-10-8-12(9-11-13)19-18-15(5-3-6-16(18)27)23-20(25-19)26-21-24-14-4-1-2-7-17(14)28-21/h1-2,4-5,7-11,18-19H,3,6H2,(H2,23,24,25,26)/t18-,19-/m1/s1. The number of Topliss-reactive ketones (excluding diaryl/α,β-unsaturated/α-hetero) is 1. The highest BCUT2D eigenvalue weighted by Gasteiger charge is 2.38. The summed E-state index contributed by atoms with van der Waals surface area (Å²) in [6.45, 7) is 0. The molecule has 2 N–H and O–H groups in total. The zero-order valence-corrected chi connectivity index (χ0v) is 15.6. The number of guanidine groups is 1. The molecule has 1 aliphatic heterocycles. The first-order valence-electron chi connectivity index (χ1n) is 9.13. The van der Waals surface area contributed by atoms with E-state index in [0.29, 0.717) is 29.0 Å². The molecule has 0 bridgehead atoms. The number of para-hydroxylation sites is 2. The normalized spacial score (nSPS) is 21.5. The Morgan fingerprint density at radius 2 is 1.96 bits per heavy atom. The molecule has 2 heterocycles. The molecular formula is C21H17ClN4O2. The van der Waals surface area contributed by atoms with Crippen LogP contribution in [0.25, 0.3) is 11.1 Å². The van der Waals surface area contributed by atoms with Crippen molar-refractivity contribution in [2.45, 2.75) is 18.9 Å². The molecule has 1 aromatic heterocycles. The number of fused-ring (bicyclic) bond motifs is 2. The predicted molar refractivity (Wildman–Crippen MR) is 108 cm³/mol. The van der Waals surface area contributed by atoms with Crippen molar-refractivity contribution in [2.24, 2.45) is 10.9 Å². The van der Waals surface area contributed by atoms with E-state index in [4.69, 9.17) is 21.0 Å². The largest absolute Gasteiger partial charge is 0.423 e. The van der Waals surface area contributed by atoms with Crippen LogP contribution in [0.5, 0.6) is 0 Å². The van der Waals surface area contributed by atoms with E-state index >= 15 is 0 Å². The second kappa shape index (κ2) is 6.80. The molecule has 3 aromatic rings. The lowest BCUT2D eigenvalue weighted by Gasteiger charge is -2.34. The summed E-state index contributed by atoms with van der Waals surface area (Å²) in [7, 11) is 0. The van der Waals surface area contributed by atoms with Gasteiger partial charge in [-0.15, -0.1) is 0 Å². The van der Waals surface area contributed by atoms with Crippen molar-refractivity contribution in [1.29, 1.82) is 0 Å². The highest BCUT2D eigenvalue weighted by molar-refractivity contribution is 6.30. The van der Waals surface area contributed by atoms with Crippen LogP contribution in [-0.2, 0) is 4.79 Å². The first kappa shape index (κ1) is 17.0. The number of ketones is 1. The number of aliphatic imine (C=N–C) groups is 1. The van der Waals surface area contributed by atoms with Gasteiger partial charge in [-0.3, -0.25) is 10.1 Å². The number of anilines is 1. The van der Waals surface area contributed by atoms with Gasteiger partial charge in [0.25, 0.3) is 0 Å². The predicted octanol–water partition coefficient (Wildman–Crippen LogP) is 4.46. The Balaban J connectivity index is 1.52. The summed E-state index contributed by atoms with van der Waals surface area (Å²) in [5.41, 5.74) is 3.26. The van der Waals surface area contributed by atoms with Gasteiger partial charge in [0.2, 0.25) is 5.96 Å². The average Bonchev–Trinajstić information content (AvgIpc) is 3.10. The molecule has 0 saturated carbocycles. The van der Waals surface area contributed by atoms with Crippen LogP contribution in [0.3, 0.4) is 0 Å². The van der Waals surface area contributed by atoms with Crippen LogP contribution in [0.1, 0.15) is 24.4 Å². The smallest absolute Gasteiger partial charge is 0.302 e. The molecule has 2 atom stereocenters. The van der Waals surface area contributed by atoms with Gasteiger partial charge in [-0.1, -0.05) is 41.9 Å². The van der Waals surface area contributed by atoms with Crippen molar-refractivity contribution >= 4 is 40.5 Å². The molecule has 6 nitrogen and oxygen atoms in total. The lowest BCUT2D eigenvalue weighted by atomic mass is 9.81. The lowest BCUT2D eigenvalue weighted by Crippen LogP contribution is -2.43. The maximum Gasteiger partial charge on any atom is 0.302 e. The quantitative estimate of drug-likeness (QED) is 0.673. The van der Waals surface area contributed by atoms with Crippen molar-refractivity contribution < 1.29 is 9.21 Å². The Morgan fingerprint density at radius 3 is 2.79 bits per heavy atom. The maximum absolute atomic E-state index is 12.6. The molecule has 7 heteroatoms. The third kappa shape index (κ3) is 3.05. The Morgan fingerprint density at radius 1 is 1.14 bits per heavy atom. The number of rotatable bonds is 2. The van der Waals surface area contributed by atoms with E-state index in [1.807, 2.05) is 48.5 Å². The zero-order chi connectivity index (χ0) is 19.1. The molecule has 28 heavy (non-hydrogen) atoms. The van der Waals surface area contributed by atoms with Gasteiger partial charge >= 0.3 is 6.01 Å². The highest BCUT2D eigenvalue weighted by atomic mass is 35.5. The van der Waals surface area contributed by atoms with Gasteiger partial charge in [0.15, 0.2) is 5.58 Å². The van der Waals surface area contributed by atoms with Gasteiger partial charge in [0, 0.05) is 17.1 Å². The third-order valence-corrected chi connectivity index (χ3v) is 5.27. The summed E-state index contributed by atoms with van der Waals surface area (Å²) in [5, 5.41) is 7.01. The van der Waals surface area contributed by atoms with Crippen LogP contribution in [-0.4, -0.2) is 16.7 Å². The van der Waals surface area contributed by atoms with Gasteiger partial charge in [0.1, 0.15) is 11.3 Å². The first-order valence-corrected chi connectivity index (χ1v) is 9.51. The SMILES string of the molecule is O=C1CCC=C2NC(Nc3nc4ccccc4o3)=N[C@H](c3ccc(Cl)cc3)[C@@H]12. The average molecular weight is 393 g/mol. The Bertz CT molecular complexity index is 1080. The first-order chi connectivity index (χ1) is 13.7. The van der Waals surface area contributed by atoms with Crippen LogP contribution in [0.4, 0.5) is 6.01 Å². The van der Waals surface area contributed by atoms with Crippen molar-refractivity contribution in [3.63, 3.8) is 0 Å². The topological polar surface area (TPSA) is 79.5 Å². The highest BCUT2D eigenvalue weighted by Crippen LogP contribution is 2.38. The van der Waals surface area contributed by atoms with E-state index in [-0.39, 0.29) is 17.7 Å². The molecule has 0 fully saturated rings. The second-order valence-corrected chi connectivity index (χ2v) is 7.29. The van der Waals surface area contributed by atoms with Crippen LogP contribution >= 0.6 is 11.6 Å². The number of oxazole rings is 1. The summed E-state index contributed by atoms with van der Waals surface area (Å²) >= 11 is 6.03. The van der Waals surface area contributed by atoms with Crippen LogP contribution in [0.2, 0.25) is 5.02 Å². The number of nitrogens with zero attached hydrogens (tertiary/aromatic N) is 2. The van der Waals surface area contributed by atoms with Gasteiger partial charge < -0.3 is 9.73 Å². The third-order valence-electron chi connectivity index (χ3n) is 5.01. The number of hydrogen-bond donors (Lipinski definition) is 2. The van der Waals surface area contributed by atoms with Crippen molar-refractivity contribution in [3.8, 4) is 0 Å². The second-order valence-electron chi connectivity index (χ2n) is 6.85. The fourth-order valence-electron chi connectivity index (χ4n) is 3.70. The summed E-state index contributed by atoms with van der Waals surface area (Å²) in [6.07, 6.45) is 3.32. The van der Waals surface area contributed by atoms with E-state index in [0.717, 1.165) is 23.2 Å². The van der Waals surface area contributed by atoms with Gasteiger partial charge in [-0.2, -0.15) is 4.98 Å². The minimum absolute atomic E-state index is 0.189. The van der Waals surface area contributed by atoms with E-state index < -0.39 is 0 Å². The molecule has 140 valence electrons. The summed E-state index contributed by atoms with van der Waals surface area (Å²) in [4.78, 5) is 21.8. The summed E-state index contributed by atoms with van der Waals surface area (Å²) in [5.74, 6) is 0.377. The number of aromatic nitrogens is 1. The van der Waals surface area contributed by atoms with Crippen LogP contribution in [0, 0.1) is 5.92 Å². The number of carbonyl (C=O) groups excluding carboxylic acids is 1. The summed E-state index contributed by atoms with van der Waals surface area (Å²) in [6, 6.07) is 15.0. The minimum Gasteiger partial charge on any atom is -0.423 e. The van der Waals surface area contributed by atoms with E-state index in [9.17, 15) is 4.79 Å².